The lowest BCUT2D eigenvalue weighted by atomic mass is 10.1. The summed E-state index contributed by atoms with van der Waals surface area (Å²) in [5, 5.41) is 12.7. The molecule has 3 aromatic rings. The van der Waals surface area contributed by atoms with Crippen LogP contribution in [0.15, 0.2) is 41.0 Å². The Hall–Kier alpha value is -2.67. The fraction of sp³-hybridized carbons (Fsp3) is 0.522. The molecule has 0 saturated carbocycles. The van der Waals surface area contributed by atoms with Gasteiger partial charge in [-0.2, -0.15) is 0 Å². The molecule has 0 amide bonds. The Morgan fingerprint density at radius 3 is 2.67 bits per heavy atom. The Morgan fingerprint density at radius 2 is 1.93 bits per heavy atom. The van der Waals surface area contributed by atoms with E-state index in [9.17, 15) is 0 Å². The van der Waals surface area contributed by atoms with E-state index in [1.807, 2.05) is 16.8 Å². The van der Waals surface area contributed by atoms with Crippen LogP contribution in [0.3, 0.4) is 0 Å². The van der Waals surface area contributed by atoms with Crippen molar-refractivity contribution in [2.45, 2.75) is 52.6 Å². The second-order valence-corrected chi connectivity index (χ2v) is 8.25. The van der Waals surface area contributed by atoms with Crippen LogP contribution in [-0.4, -0.2) is 51.3 Å². The Balaban J connectivity index is 1.49. The Morgan fingerprint density at radius 1 is 1.10 bits per heavy atom. The van der Waals surface area contributed by atoms with Gasteiger partial charge in [0.25, 0.3) is 0 Å². The van der Waals surface area contributed by atoms with Gasteiger partial charge in [0.15, 0.2) is 5.82 Å². The van der Waals surface area contributed by atoms with Gasteiger partial charge in [0.05, 0.1) is 12.3 Å². The third-order valence-electron chi connectivity index (χ3n) is 6.03. The van der Waals surface area contributed by atoms with E-state index in [0.29, 0.717) is 6.54 Å². The highest BCUT2D eigenvalue weighted by Gasteiger charge is 2.29. The van der Waals surface area contributed by atoms with Gasteiger partial charge < -0.3 is 9.32 Å². The maximum absolute atomic E-state index is 5.52. The van der Waals surface area contributed by atoms with Crippen molar-refractivity contribution in [1.82, 2.24) is 25.1 Å². The van der Waals surface area contributed by atoms with Crippen molar-refractivity contribution in [3.63, 3.8) is 0 Å². The molecule has 2 aromatic heterocycles. The average molecular weight is 409 g/mol. The monoisotopic (exact) mass is 408 g/mol. The highest BCUT2D eigenvalue weighted by molar-refractivity contribution is 5.55. The van der Waals surface area contributed by atoms with Crippen molar-refractivity contribution < 1.29 is 4.42 Å². The molecule has 0 aliphatic carbocycles. The van der Waals surface area contributed by atoms with Crippen LogP contribution in [0.2, 0.25) is 0 Å². The lowest BCUT2D eigenvalue weighted by molar-refractivity contribution is 0.162. The number of unbranched alkanes of at least 4 members (excludes halogenated alkanes) is 1. The number of benzene rings is 1. The van der Waals surface area contributed by atoms with Crippen LogP contribution in [0.5, 0.6) is 0 Å². The predicted octanol–water partition coefficient (Wildman–Crippen LogP) is 3.98. The van der Waals surface area contributed by atoms with E-state index in [2.05, 4.69) is 64.3 Å². The highest BCUT2D eigenvalue weighted by Crippen LogP contribution is 2.29. The number of aromatic nitrogens is 4. The van der Waals surface area contributed by atoms with Gasteiger partial charge in [-0.1, -0.05) is 31.9 Å². The summed E-state index contributed by atoms with van der Waals surface area (Å²) < 4.78 is 7.41. The summed E-state index contributed by atoms with van der Waals surface area (Å²) >= 11 is 0. The van der Waals surface area contributed by atoms with Crippen LogP contribution >= 0.6 is 0 Å². The van der Waals surface area contributed by atoms with Gasteiger partial charge in [0.1, 0.15) is 12.3 Å². The molecule has 0 unspecified atom stereocenters. The summed E-state index contributed by atoms with van der Waals surface area (Å²) in [5.74, 6) is 1.82. The standard InChI is InChI=1S/C23H32N6O/c1-4-5-8-21(23-24-25-26-29(23)17-20-7-6-15-30-20)27-11-13-28(14-12-27)22-16-18(2)9-10-19(22)3/h6-7,9-10,15-16,21H,4-5,8,11-14,17H2,1-3H3/t21-/m0/s1. The number of anilines is 1. The molecule has 1 atom stereocenters. The van der Waals surface area contributed by atoms with Crippen LogP contribution in [0.25, 0.3) is 0 Å². The first-order chi connectivity index (χ1) is 14.7. The molecule has 3 heterocycles. The summed E-state index contributed by atoms with van der Waals surface area (Å²) in [6, 6.07) is 10.8. The molecule has 1 saturated heterocycles. The molecule has 160 valence electrons. The average Bonchev–Trinajstić information content (AvgIpc) is 3.44. The fourth-order valence-corrected chi connectivity index (χ4v) is 4.32. The second kappa shape index (κ2) is 9.43. The zero-order valence-corrected chi connectivity index (χ0v) is 18.3. The Kier molecular flexibility index (Phi) is 6.47. The van der Waals surface area contributed by atoms with Crippen LogP contribution in [0.4, 0.5) is 5.69 Å². The molecule has 0 bridgehead atoms. The summed E-state index contributed by atoms with van der Waals surface area (Å²) in [6.45, 7) is 11.2. The smallest absolute Gasteiger partial charge is 0.168 e. The van der Waals surface area contributed by atoms with Crippen molar-refractivity contribution in [1.29, 1.82) is 0 Å². The lowest BCUT2D eigenvalue weighted by Crippen LogP contribution is -2.48. The molecule has 7 heteroatoms. The molecule has 1 aliphatic heterocycles. The van der Waals surface area contributed by atoms with Gasteiger partial charge in [-0.3, -0.25) is 4.90 Å². The third-order valence-corrected chi connectivity index (χ3v) is 6.03. The molecule has 1 fully saturated rings. The van der Waals surface area contributed by atoms with Gasteiger partial charge in [-0.05, 0) is 60.0 Å². The largest absolute Gasteiger partial charge is 0.467 e. The minimum atomic E-state index is 0.232. The maximum atomic E-state index is 5.52. The molecule has 4 rings (SSSR count). The molecule has 0 radical (unpaired) electrons. The van der Waals surface area contributed by atoms with Crippen LogP contribution in [-0.2, 0) is 6.54 Å². The van der Waals surface area contributed by atoms with E-state index < -0.39 is 0 Å². The highest BCUT2D eigenvalue weighted by atomic mass is 16.3. The van der Waals surface area contributed by atoms with Crippen LogP contribution in [0, 0.1) is 13.8 Å². The molecular formula is C23H32N6O. The summed E-state index contributed by atoms with van der Waals surface area (Å²) in [5.41, 5.74) is 4.03. The van der Waals surface area contributed by atoms with Crippen molar-refractivity contribution in [3.8, 4) is 0 Å². The van der Waals surface area contributed by atoms with Gasteiger partial charge in [0.2, 0.25) is 0 Å². The molecule has 30 heavy (non-hydrogen) atoms. The number of aryl methyl sites for hydroxylation is 2. The quantitative estimate of drug-likeness (QED) is 0.562. The minimum absolute atomic E-state index is 0.232. The maximum Gasteiger partial charge on any atom is 0.168 e. The number of piperazine rings is 1. The number of nitrogens with zero attached hydrogens (tertiary/aromatic N) is 6. The van der Waals surface area contributed by atoms with Gasteiger partial charge in [0, 0.05) is 31.9 Å². The molecule has 0 N–H and O–H groups in total. The van der Waals surface area contributed by atoms with Crippen LogP contribution in [0.1, 0.15) is 54.9 Å². The molecule has 7 nitrogen and oxygen atoms in total. The van der Waals surface area contributed by atoms with E-state index in [0.717, 1.165) is 50.6 Å². The van der Waals surface area contributed by atoms with Crippen molar-refractivity contribution >= 4 is 5.69 Å². The number of hydrogen-bond donors (Lipinski definition) is 0. The zero-order chi connectivity index (χ0) is 20.9. The van der Waals surface area contributed by atoms with Gasteiger partial charge in [-0.15, -0.1) is 5.10 Å². The van der Waals surface area contributed by atoms with E-state index in [4.69, 9.17) is 4.42 Å². The Labute approximate surface area is 178 Å². The predicted molar refractivity (Wildman–Crippen MR) is 118 cm³/mol. The molecule has 0 spiro atoms. The van der Waals surface area contributed by atoms with Gasteiger partial charge in [-0.25, -0.2) is 4.68 Å². The molecular weight excluding hydrogens is 376 g/mol. The number of furan rings is 1. The SMILES string of the molecule is CCCC[C@@H](c1nnnn1Cc1ccco1)N1CCN(c2cc(C)ccc2C)CC1. The van der Waals surface area contributed by atoms with E-state index >= 15 is 0 Å². The normalized spacial score (nSPS) is 16.2. The van der Waals surface area contributed by atoms with Crippen LogP contribution < -0.4 is 4.90 Å². The first kappa shape index (κ1) is 20.6. The Bertz CT molecular complexity index is 927. The van der Waals surface area contributed by atoms with Crippen molar-refractivity contribution in [3.05, 3.63) is 59.3 Å². The van der Waals surface area contributed by atoms with Crippen molar-refractivity contribution in [2.24, 2.45) is 0 Å². The summed E-state index contributed by atoms with van der Waals surface area (Å²) in [4.78, 5) is 5.07. The number of rotatable bonds is 8. The number of hydrogen-bond acceptors (Lipinski definition) is 6. The van der Waals surface area contributed by atoms with Crippen molar-refractivity contribution in [2.75, 3.05) is 31.1 Å². The molecule has 1 aliphatic rings. The zero-order valence-electron chi connectivity index (χ0n) is 18.3. The fourth-order valence-electron chi connectivity index (χ4n) is 4.32. The second-order valence-electron chi connectivity index (χ2n) is 8.25. The minimum Gasteiger partial charge on any atom is -0.467 e. The van der Waals surface area contributed by atoms with Gasteiger partial charge >= 0.3 is 0 Å². The number of tetrazole rings is 1. The first-order valence-electron chi connectivity index (χ1n) is 11.0. The topological polar surface area (TPSA) is 63.2 Å². The van der Waals surface area contributed by atoms with E-state index in [-0.39, 0.29) is 6.04 Å². The molecule has 1 aromatic carbocycles. The first-order valence-corrected chi connectivity index (χ1v) is 11.0. The summed E-state index contributed by atoms with van der Waals surface area (Å²) in [7, 11) is 0. The lowest BCUT2D eigenvalue weighted by Gasteiger charge is -2.40. The summed E-state index contributed by atoms with van der Waals surface area (Å²) in [6.07, 6.45) is 5.09. The third kappa shape index (κ3) is 4.56. The van der Waals surface area contributed by atoms with E-state index in [1.165, 1.54) is 23.2 Å². The van der Waals surface area contributed by atoms with E-state index in [1.54, 1.807) is 6.26 Å².